The van der Waals surface area contributed by atoms with Crippen molar-refractivity contribution in [2.75, 3.05) is 27.2 Å². The smallest absolute Gasteiger partial charge is 0.222 e. The highest BCUT2D eigenvalue weighted by atomic mass is 16.5. The lowest BCUT2D eigenvalue weighted by atomic mass is 10.1. The van der Waals surface area contributed by atoms with Crippen molar-refractivity contribution in [3.05, 3.63) is 53.3 Å². The number of rotatable bonds is 7. The number of aromatic nitrogens is 2. The van der Waals surface area contributed by atoms with Crippen molar-refractivity contribution in [2.45, 2.75) is 31.9 Å². The molecule has 1 atom stereocenters. The Balaban J connectivity index is 1.56. The maximum Gasteiger partial charge on any atom is 0.222 e. The Morgan fingerprint density at radius 1 is 1.26 bits per heavy atom. The zero-order valence-electron chi connectivity index (χ0n) is 15.9. The number of hydrogen-bond donors (Lipinski definition) is 1. The maximum atomic E-state index is 12.0. The second-order valence-corrected chi connectivity index (χ2v) is 6.92. The van der Waals surface area contributed by atoms with Gasteiger partial charge >= 0.3 is 0 Å². The summed E-state index contributed by atoms with van der Waals surface area (Å²) in [4.78, 5) is 25.1. The summed E-state index contributed by atoms with van der Waals surface area (Å²) in [5.74, 6) is -0.203. The van der Waals surface area contributed by atoms with Crippen LogP contribution in [-0.2, 0) is 27.3 Å². The number of benzene rings is 1. The molecule has 144 valence electrons. The fourth-order valence-corrected chi connectivity index (χ4v) is 3.08. The molecule has 0 saturated heterocycles. The van der Waals surface area contributed by atoms with Crippen LogP contribution in [0.4, 0.5) is 0 Å². The normalized spacial score (nSPS) is 15.9. The number of hydrogen-bond acceptors (Lipinski definition) is 4. The molecular formula is C20H26N4O3. The fraction of sp³-hybridized carbons (Fsp3) is 0.450. The van der Waals surface area contributed by atoms with E-state index in [1.165, 1.54) is 16.0 Å². The summed E-state index contributed by atoms with van der Waals surface area (Å²) in [6, 6.07) is 10.2. The molecule has 27 heavy (non-hydrogen) atoms. The molecule has 0 fully saturated rings. The molecule has 0 radical (unpaired) electrons. The predicted molar refractivity (Wildman–Crippen MR) is 101 cm³/mol. The highest BCUT2D eigenvalue weighted by molar-refractivity contribution is 5.83. The van der Waals surface area contributed by atoms with Gasteiger partial charge in [0.2, 0.25) is 11.8 Å². The van der Waals surface area contributed by atoms with Crippen LogP contribution in [0.2, 0.25) is 0 Å². The number of amides is 2. The number of nitrogens with zero attached hydrogens (tertiary/aromatic N) is 3. The topological polar surface area (TPSA) is 76.5 Å². The minimum Gasteiger partial charge on any atom is -0.370 e. The van der Waals surface area contributed by atoms with Gasteiger partial charge < -0.3 is 15.0 Å². The van der Waals surface area contributed by atoms with Gasteiger partial charge in [0.25, 0.3) is 0 Å². The molecule has 2 aromatic rings. The number of fused-ring (bicyclic) bond motifs is 1. The van der Waals surface area contributed by atoms with Gasteiger partial charge in [-0.1, -0.05) is 30.3 Å². The van der Waals surface area contributed by atoms with Crippen molar-refractivity contribution in [1.82, 2.24) is 20.0 Å². The Kier molecular flexibility index (Phi) is 6.24. The highest BCUT2D eigenvalue weighted by Gasteiger charge is 2.25. The van der Waals surface area contributed by atoms with Gasteiger partial charge in [-0.2, -0.15) is 5.10 Å². The van der Waals surface area contributed by atoms with Crippen LogP contribution in [0.3, 0.4) is 0 Å². The van der Waals surface area contributed by atoms with Gasteiger partial charge in [0.05, 0.1) is 18.8 Å². The first-order chi connectivity index (χ1) is 13.0. The predicted octanol–water partition coefficient (Wildman–Crippen LogP) is 1.53. The number of carbonyl (C=O) groups is 2. The molecular weight excluding hydrogens is 344 g/mol. The summed E-state index contributed by atoms with van der Waals surface area (Å²) in [6.07, 6.45) is 3.03. The van der Waals surface area contributed by atoms with E-state index < -0.39 is 0 Å². The number of ether oxygens (including phenoxy) is 1. The molecule has 3 rings (SSSR count). The monoisotopic (exact) mass is 370 g/mol. The van der Waals surface area contributed by atoms with Crippen molar-refractivity contribution in [2.24, 2.45) is 0 Å². The van der Waals surface area contributed by atoms with Gasteiger partial charge in [-0.3, -0.25) is 14.3 Å². The molecule has 7 nitrogen and oxygen atoms in total. The van der Waals surface area contributed by atoms with E-state index in [4.69, 9.17) is 4.74 Å². The average molecular weight is 370 g/mol. The lowest BCUT2D eigenvalue weighted by Gasteiger charge is -2.22. The molecule has 1 aliphatic heterocycles. The van der Waals surface area contributed by atoms with Crippen LogP contribution in [0, 0.1) is 0 Å². The molecule has 0 unspecified atom stereocenters. The molecule has 1 aromatic carbocycles. The zero-order valence-corrected chi connectivity index (χ0v) is 15.9. The van der Waals surface area contributed by atoms with Crippen LogP contribution in [0.5, 0.6) is 0 Å². The van der Waals surface area contributed by atoms with Gasteiger partial charge in [-0.25, -0.2) is 0 Å². The minimum atomic E-state index is -0.251. The van der Waals surface area contributed by atoms with Crippen LogP contribution >= 0.6 is 0 Å². The summed E-state index contributed by atoms with van der Waals surface area (Å²) in [7, 11) is 3.37. The minimum absolute atomic E-state index is 0.0546. The standard InChI is InChI=1S/C20H26N4O3/c1-23(2)19(26)9-8-18(25)21-12-17-20-16(10-11-27-17)14-24(22-20)13-15-6-4-3-5-7-15/h3-7,14,17H,8-13H2,1-2H3,(H,21,25)/t17-/m0/s1. The van der Waals surface area contributed by atoms with Gasteiger partial charge in [-0.05, 0) is 17.5 Å². The van der Waals surface area contributed by atoms with Crippen molar-refractivity contribution in [3.8, 4) is 0 Å². The zero-order chi connectivity index (χ0) is 19.2. The van der Waals surface area contributed by atoms with Crippen molar-refractivity contribution >= 4 is 11.8 Å². The van der Waals surface area contributed by atoms with Crippen LogP contribution < -0.4 is 5.32 Å². The highest BCUT2D eigenvalue weighted by Crippen LogP contribution is 2.25. The van der Waals surface area contributed by atoms with Crippen LogP contribution in [0.25, 0.3) is 0 Å². The molecule has 2 amide bonds. The third kappa shape index (κ3) is 5.17. The van der Waals surface area contributed by atoms with Gasteiger partial charge in [0.1, 0.15) is 6.10 Å². The van der Waals surface area contributed by atoms with E-state index in [1.807, 2.05) is 22.9 Å². The molecule has 1 aromatic heterocycles. The van der Waals surface area contributed by atoms with E-state index in [0.29, 0.717) is 19.7 Å². The molecule has 2 heterocycles. The van der Waals surface area contributed by atoms with E-state index >= 15 is 0 Å². The molecule has 0 saturated carbocycles. The maximum absolute atomic E-state index is 12.0. The van der Waals surface area contributed by atoms with Crippen molar-refractivity contribution in [1.29, 1.82) is 0 Å². The van der Waals surface area contributed by atoms with Gasteiger partial charge in [-0.15, -0.1) is 0 Å². The molecule has 1 N–H and O–H groups in total. The van der Waals surface area contributed by atoms with Crippen molar-refractivity contribution < 1.29 is 14.3 Å². The molecule has 1 aliphatic rings. The van der Waals surface area contributed by atoms with Crippen LogP contribution in [0.15, 0.2) is 36.5 Å². The quantitative estimate of drug-likeness (QED) is 0.802. The Morgan fingerprint density at radius 3 is 2.78 bits per heavy atom. The number of nitrogens with one attached hydrogen (secondary N) is 1. The van der Waals surface area contributed by atoms with Crippen LogP contribution in [0.1, 0.15) is 35.8 Å². The van der Waals surface area contributed by atoms with Crippen LogP contribution in [-0.4, -0.2) is 53.7 Å². The van der Waals surface area contributed by atoms with E-state index in [0.717, 1.165) is 12.1 Å². The van der Waals surface area contributed by atoms with Gasteiger partial charge in [0.15, 0.2) is 0 Å². The fourth-order valence-electron chi connectivity index (χ4n) is 3.08. The molecule has 0 bridgehead atoms. The van der Waals surface area contributed by atoms with Gasteiger partial charge in [0, 0.05) is 39.7 Å². The van der Waals surface area contributed by atoms with E-state index in [1.54, 1.807) is 14.1 Å². The van der Waals surface area contributed by atoms with E-state index in [2.05, 4.69) is 28.7 Å². The summed E-state index contributed by atoms with van der Waals surface area (Å²) in [6.45, 7) is 1.69. The number of carbonyl (C=O) groups excluding carboxylic acids is 2. The SMILES string of the molecule is CN(C)C(=O)CCC(=O)NC[C@@H]1OCCc2cn(Cc3ccccc3)nc21. The largest absolute Gasteiger partial charge is 0.370 e. The summed E-state index contributed by atoms with van der Waals surface area (Å²) >= 11 is 0. The third-order valence-corrected chi connectivity index (χ3v) is 4.60. The average Bonchev–Trinajstić information content (AvgIpc) is 3.08. The Morgan fingerprint density at radius 2 is 2.04 bits per heavy atom. The third-order valence-electron chi connectivity index (χ3n) is 4.60. The molecule has 7 heteroatoms. The Hall–Kier alpha value is -2.67. The molecule has 0 spiro atoms. The second-order valence-electron chi connectivity index (χ2n) is 6.92. The lowest BCUT2D eigenvalue weighted by Crippen LogP contribution is -2.32. The Bertz CT molecular complexity index is 786. The van der Waals surface area contributed by atoms with E-state index in [-0.39, 0.29) is 30.8 Å². The van der Waals surface area contributed by atoms with E-state index in [9.17, 15) is 9.59 Å². The summed E-state index contributed by atoms with van der Waals surface area (Å²) < 4.78 is 7.75. The summed E-state index contributed by atoms with van der Waals surface area (Å²) in [5, 5.41) is 7.55. The second kappa shape index (κ2) is 8.81. The Labute approximate surface area is 159 Å². The lowest BCUT2D eigenvalue weighted by molar-refractivity contribution is -0.131. The molecule has 0 aliphatic carbocycles. The first-order valence-electron chi connectivity index (χ1n) is 9.21. The van der Waals surface area contributed by atoms with Crippen molar-refractivity contribution in [3.63, 3.8) is 0 Å². The first kappa shape index (κ1) is 19.1. The first-order valence-corrected chi connectivity index (χ1v) is 9.21. The summed E-state index contributed by atoms with van der Waals surface area (Å²) in [5.41, 5.74) is 3.25.